The molecule has 9 heteroatoms. The molecular weight excluding hydrogens is 339 g/mol. The number of furan rings is 1. The van der Waals surface area contributed by atoms with Gasteiger partial charge in [0.1, 0.15) is 10.8 Å². The number of alkyl halides is 3. The number of rotatable bonds is 3. The van der Waals surface area contributed by atoms with Crippen molar-refractivity contribution in [3.05, 3.63) is 56.4 Å². The molecule has 0 saturated carbocycles. The van der Waals surface area contributed by atoms with Crippen LogP contribution in [0.5, 0.6) is 0 Å². The second-order valence-electron chi connectivity index (χ2n) is 4.72. The average molecular weight is 350 g/mol. The van der Waals surface area contributed by atoms with Gasteiger partial charge in [0.25, 0.3) is 5.56 Å². The molecule has 0 radical (unpaired) electrons. The highest BCUT2D eigenvalue weighted by Gasteiger charge is 2.32. The molecule has 2 aromatic rings. The number of pyridine rings is 1. The van der Waals surface area contributed by atoms with Gasteiger partial charge in [-0.3, -0.25) is 4.79 Å². The number of carbonyl (C=O) groups excluding carboxylic acids is 1. The van der Waals surface area contributed by atoms with E-state index in [0.29, 0.717) is 17.8 Å². The van der Waals surface area contributed by atoms with E-state index >= 15 is 0 Å². The van der Waals surface area contributed by atoms with E-state index in [1.54, 1.807) is 6.92 Å². The first kappa shape index (κ1) is 17.1. The number of hydrogen-bond donors (Lipinski definition) is 0. The summed E-state index contributed by atoms with van der Waals surface area (Å²) >= 11 is 5.56. The SMILES string of the molecule is COC(=O)c1oc(Cn2cc(C(F)(F)F)cc(Cl)c2=O)cc1C. The Morgan fingerprint density at radius 3 is 2.61 bits per heavy atom. The third-order valence-corrected chi connectivity index (χ3v) is 3.31. The topological polar surface area (TPSA) is 61.4 Å². The fraction of sp³-hybridized carbons (Fsp3) is 0.286. The summed E-state index contributed by atoms with van der Waals surface area (Å²) in [4.78, 5) is 23.3. The summed E-state index contributed by atoms with van der Waals surface area (Å²) in [7, 11) is 1.17. The summed E-state index contributed by atoms with van der Waals surface area (Å²) in [5.41, 5.74) is -1.41. The van der Waals surface area contributed by atoms with Crippen molar-refractivity contribution in [1.29, 1.82) is 0 Å². The Balaban J connectivity index is 2.43. The second-order valence-corrected chi connectivity index (χ2v) is 5.13. The molecule has 0 aliphatic carbocycles. The second kappa shape index (κ2) is 6.11. The first-order valence-electron chi connectivity index (χ1n) is 6.28. The zero-order chi connectivity index (χ0) is 17.4. The highest BCUT2D eigenvalue weighted by molar-refractivity contribution is 6.30. The molecule has 0 spiro atoms. The number of halogens is 4. The van der Waals surface area contributed by atoms with E-state index < -0.39 is 28.3 Å². The molecule has 0 aliphatic heterocycles. The molecule has 0 N–H and O–H groups in total. The minimum Gasteiger partial charge on any atom is -0.463 e. The Hall–Kier alpha value is -2.22. The molecule has 2 heterocycles. The Kier molecular flexibility index (Phi) is 4.56. The summed E-state index contributed by atoms with van der Waals surface area (Å²) in [6.07, 6.45) is -4.00. The monoisotopic (exact) mass is 349 g/mol. The maximum atomic E-state index is 12.8. The van der Waals surface area contributed by atoms with E-state index in [2.05, 4.69) is 4.74 Å². The van der Waals surface area contributed by atoms with Crippen LogP contribution in [0.3, 0.4) is 0 Å². The van der Waals surface area contributed by atoms with Gasteiger partial charge in [-0.1, -0.05) is 11.6 Å². The molecule has 5 nitrogen and oxygen atoms in total. The van der Waals surface area contributed by atoms with Crippen LogP contribution in [0.4, 0.5) is 13.2 Å². The molecule has 0 saturated heterocycles. The molecule has 0 aliphatic rings. The zero-order valence-corrected chi connectivity index (χ0v) is 12.8. The molecule has 0 amide bonds. The smallest absolute Gasteiger partial charge is 0.417 e. The third-order valence-electron chi connectivity index (χ3n) is 3.04. The van der Waals surface area contributed by atoms with Crippen molar-refractivity contribution in [1.82, 2.24) is 4.57 Å². The number of ether oxygens (including phenoxy) is 1. The minimum absolute atomic E-state index is 0.0754. The van der Waals surface area contributed by atoms with Crippen molar-refractivity contribution in [2.75, 3.05) is 7.11 Å². The summed E-state index contributed by atoms with van der Waals surface area (Å²) < 4.78 is 48.9. The fourth-order valence-electron chi connectivity index (χ4n) is 1.96. The fourth-order valence-corrected chi connectivity index (χ4v) is 2.19. The molecule has 23 heavy (non-hydrogen) atoms. The predicted octanol–water partition coefficient (Wildman–Crippen LogP) is 3.26. The third kappa shape index (κ3) is 3.58. The Morgan fingerprint density at radius 2 is 2.04 bits per heavy atom. The molecule has 0 fully saturated rings. The van der Waals surface area contributed by atoms with Crippen LogP contribution in [-0.2, 0) is 17.5 Å². The van der Waals surface area contributed by atoms with Crippen LogP contribution in [0.1, 0.15) is 27.4 Å². The van der Waals surface area contributed by atoms with Crippen LogP contribution < -0.4 is 5.56 Å². The predicted molar refractivity (Wildman–Crippen MR) is 74.6 cm³/mol. The summed E-state index contributed by atoms with van der Waals surface area (Å²) in [6, 6.07) is 2.00. The van der Waals surface area contributed by atoms with Gasteiger partial charge < -0.3 is 13.7 Å². The number of aromatic nitrogens is 1. The number of carbonyl (C=O) groups is 1. The normalized spacial score (nSPS) is 11.6. The van der Waals surface area contributed by atoms with E-state index in [9.17, 15) is 22.8 Å². The Morgan fingerprint density at radius 1 is 1.39 bits per heavy atom. The van der Waals surface area contributed by atoms with Gasteiger partial charge in [-0.05, 0) is 19.1 Å². The highest BCUT2D eigenvalue weighted by atomic mass is 35.5. The lowest BCUT2D eigenvalue weighted by atomic mass is 10.2. The van der Waals surface area contributed by atoms with Crippen LogP contribution in [0, 0.1) is 6.92 Å². The van der Waals surface area contributed by atoms with Gasteiger partial charge in [0.15, 0.2) is 0 Å². The van der Waals surface area contributed by atoms with Gasteiger partial charge in [0.05, 0.1) is 19.2 Å². The number of hydrogen-bond acceptors (Lipinski definition) is 4. The van der Waals surface area contributed by atoms with Gasteiger partial charge in [0, 0.05) is 11.8 Å². The maximum Gasteiger partial charge on any atom is 0.417 e. The Labute approximate surface area is 133 Å². The molecule has 0 bridgehead atoms. The number of esters is 1. The van der Waals surface area contributed by atoms with Gasteiger partial charge in [0.2, 0.25) is 5.76 Å². The molecule has 0 atom stereocenters. The van der Waals surface area contributed by atoms with Crippen molar-refractivity contribution >= 4 is 17.6 Å². The van der Waals surface area contributed by atoms with Crippen molar-refractivity contribution in [2.24, 2.45) is 0 Å². The van der Waals surface area contributed by atoms with Gasteiger partial charge >= 0.3 is 12.1 Å². The van der Waals surface area contributed by atoms with Crippen LogP contribution in [-0.4, -0.2) is 17.6 Å². The Bertz CT molecular complexity index is 807. The first-order chi connectivity index (χ1) is 10.6. The highest BCUT2D eigenvalue weighted by Crippen LogP contribution is 2.29. The largest absolute Gasteiger partial charge is 0.463 e. The maximum absolute atomic E-state index is 12.8. The van der Waals surface area contributed by atoms with Crippen LogP contribution in [0.25, 0.3) is 0 Å². The number of nitrogens with zero attached hydrogens (tertiary/aromatic N) is 1. The summed E-state index contributed by atoms with van der Waals surface area (Å²) in [5.74, 6) is -0.669. The van der Waals surface area contributed by atoms with E-state index in [0.717, 1.165) is 4.57 Å². The van der Waals surface area contributed by atoms with Crippen LogP contribution in [0.2, 0.25) is 5.02 Å². The molecule has 2 aromatic heterocycles. The van der Waals surface area contributed by atoms with Crippen molar-refractivity contribution in [3.8, 4) is 0 Å². The molecule has 0 aromatic carbocycles. The van der Waals surface area contributed by atoms with E-state index in [-0.39, 0.29) is 18.1 Å². The quantitative estimate of drug-likeness (QED) is 0.798. The van der Waals surface area contributed by atoms with E-state index in [1.807, 2.05) is 0 Å². The number of aryl methyl sites for hydroxylation is 1. The standard InChI is InChI=1S/C14H11ClF3NO4/c1-7-3-9(23-11(7)13(21)22-2)6-19-5-8(14(16,17)18)4-10(15)12(19)20/h3-5H,6H2,1-2H3. The van der Waals surface area contributed by atoms with E-state index in [4.69, 9.17) is 16.0 Å². The number of methoxy groups -OCH3 is 1. The van der Waals surface area contributed by atoms with Crippen LogP contribution >= 0.6 is 11.6 Å². The minimum atomic E-state index is -4.64. The average Bonchev–Trinajstić information content (AvgIpc) is 2.82. The molecule has 0 unspecified atom stereocenters. The van der Waals surface area contributed by atoms with Crippen molar-refractivity contribution in [2.45, 2.75) is 19.6 Å². The molecule has 2 rings (SSSR count). The van der Waals surface area contributed by atoms with Crippen molar-refractivity contribution < 1.29 is 27.1 Å². The van der Waals surface area contributed by atoms with Gasteiger partial charge in [-0.25, -0.2) is 4.79 Å². The first-order valence-corrected chi connectivity index (χ1v) is 6.66. The summed E-state index contributed by atoms with van der Waals surface area (Å²) in [5, 5.41) is -0.559. The lowest BCUT2D eigenvalue weighted by Gasteiger charge is -2.10. The van der Waals surface area contributed by atoms with Gasteiger partial charge in [-0.15, -0.1) is 0 Å². The van der Waals surface area contributed by atoms with Crippen molar-refractivity contribution in [3.63, 3.8) is 0 Å². The van der Waals surface area contributed by atoms with E-state index in [1.165, 1.54) is 13.2 Å². The lowest BCUT2D eigenvalue weighted by molar-refractivity contribution is -0.138. The lowest BCUT2D eigenvalue weighted by Crippen LogP contribution is -2.23. The summed E-state index contributed by atoms with van der Waals surface area (Å²) in [6.45, 7) is 1.27. The van der Waals surface area contributed by atoms with Gasteiger partial charge in [-0.2, -0.15) is 13.2 Å². The van der Waals surface area contributed by atoms with Crippen LogP contribution in [0.15, 0.2) is 27.5 Å². The molecular formula is C14H11ClF3NO4. The molecule has 124 valence electrons. The zero-order valence-electron chi connectivity index (χ0n) is 12.0.